The fraction of sp³-hybridized carbons (Fsp3) is 0.621. The van der Waals surface area contributed by atoms with Gasteiger partial charge in [-0.3, -0.25) is 9.59 Å². The Labute approximate surface area is 471 Å². The fourth-order valence-corrected chi connectivity index (χ4v) is 15.8. The van der Waals surface area contributed by atoms with Gasteiger partial charge in [0.15, 0.2) is 0 Å². The van der Waals surface area contributed by atoms with Crippen molar-refractivity contribution in [2.75, 3.05) is 32.1 Å². The Hall–Kier alpha value is -5.11. The predicted octanol–water partition coefficient (Wildman–Crippen LogP) is 8.45. The summed E-state index contributed by atoms with van der Waals surface area (Å²) in [6.45, 7) is 1.63. The predicted molar refractivity (Wildman–Crippen MR) is 302 cm³/mol. The molecular formula is C66H84N2O12. The van der Waals surface area contributed by atoms with Crippen LogP contribution in [0.15, 0.2) is 60.2 Å². The van der Waals surface area contributed by atoms with Gasteiger partial charge >= 0.3 is 11.9 Å². The van der Waals surface area contributed by atoms with Crippen molar-refractivity contribution in [3.05, 3.63) is 99.1 Å². The van der Waals surface area contributed by atoms with Crippen LogP contribution in [0.3, 0.4) is 0 Å². The number of ketones is 1. The third kappa shape index (κ3) is 11.8. The lowest BCUT2D eigenvalue weighted by Gasteiger charge is -2.59. The van der Waals surface area contributed by atoms with Crippen LogP contribution in [0, 0.1) is 41.4 Å². The minimum Gasteiger partial charge on any atom is -0.507 e. The summed E-state index contributed by atoms with van der Waals surface area (Å²) in [5, 5.41) is 80.4. The molecule has 0 saturated heterocycles. The largest absolute Gasteiger partial charge is 0.507 e. The number of ether oxygens (including phenoxy) is 3. The highest BCUT2D eigenvalue weighted by molar-refractivity contribution is 5.89. The van der Waals surface area contributed by atoms with Gasteiger partial charge < -0.3 is 55.5 Å². The molecule has 10 bridgehead atoms. The fourth-order valence-electron chi connectivity index (χ4n) is 15.8. The third-order valence-electron chi connectivity index (χ3n) is 20.1. The molecule has 430 valence electrons. The SMILES string of the molecule is CNC[C@H](O)c1cc(NC[C@@](C)(O)[C@H](O)COC2CCCC2)cc([C@H]2C#C[C@@H]3CC(=O)Oc4c3cc(c(O)c4C3CCCCC3)C[C@H]3OC(=O)/C(=C\[C@H](O)Cc4cccc(c4)C[C@@H]4C(=O)CC[C@@H]5[C@@H]4C[C@@H]4CCCC[C@H]4[C@]53O)C2)c1. The average Bonchev–Trinajstić information content (AvgIpc) is 4.12. The molecule has 3 aromatic carbocycles. The molecule has 0 unspecified atom stereocenters. The maximum Gasteiger partial charge on any atom is 0.334 e. The van der Waals surface area contributed by atoms with Crippen LogP contribution >= 0.6 is 0 Å². The Balaban J connectivity index is 1.08. The summed E-state index contributed by atoms with van der Waals surface area (Å²) >= 11 is 0. The van der Waals surface area contributed by atoms with E-state index in [1.807, 2.05) is 42.5 Å². The number of phenols is 1. The van der Waals surface area contributed by atoms with Gasteiger partial charge in [0.25, 0.3) is 0 Å². The number of hydrogen-bond donors (Lipinski definition) is 8. The maximum atomic E-state index is 15.9. The van der Waals surface area contributed by atoms with Gasteiger partial charge in [0.05, 0.1) is 37.3 Å². The highest BCUT2D eigenvalue weighted by Gasteiger charge is 2.62. The van der Waals surface area contributed by atoms with Crippen molar-refractivity contribution in [3.8, 4) is 23.3 Å². The highest BCUT2D eigenvalue weighted by Crippen LogP contribution is 2.59. The van der Waals surface area contributed by atoms with Gasteiger partial charge in [-0.2, -0.15) is 0 Å². The zero-order valence-electron chi connectivity index (χ0n) is 46.8. The van der Waals surface area contributed by atoms with E-state index in [9.17, 15) is 40.2 Å². The molecule has 5 aliphatic carbocycles. The monoisotopic (exact) mass is 1100 g/mol. The first-order valence-corrected chi connectivity index (χ1v) is 30.3. The molecule has 14 nitrogen and oxygen atoms in total. The van der Waals surface area contributed by atoms with E-state index in [1.54, 1.807) is 26.1 Å². The Bertz CT molecular complexity index is 2880. The molecule has 14 heteroatoms. The van der Waals surface area contributed by atoms with Gasteiger partial charge in [-0.1, -0.05) is 93.5 Å². The number of anilines is 1. The van der Waals surface area contributed by atoms with Crippen LogP contribution in [0.5, 0.6) is 11.5 Å². The summed E-state index contributed by atoms with van der Waals surface area (Å²) in [5.74, 6) is 3.42. The lowest BCUT2D eigenvalue weighted by molar-refractivity contribution is -0.228. The van der Waals surface area contributed by atoms with Crippen LogP contribution in [0.4, 0.5) is 5.69 Å². The molecule has 8 N–H and O–H groups in total. The number of phenolic OH excluding ortho intramolecular Hbond substituents is 1. The van der Waals surface area contributed by atoms with Crippen molar-refractivity contribution in [1.29, 1.82) is 0 Å². The van der Waals surface area contributed by atoms with Gasteiger partial charge in [0.1, 0.15) is 40.7 Å². The van der Waals surface area contributed by atoms with Crippen molar-refractivity contribution in [2.45, 2.75) is 201 Å². The zero-order chi connectivity index (χ0) is 55.9. The molecule has 3 aromatic rings. The Morgan fingerprint density at radius 3 is 2.36 bits per heavy atom. The Morgan fingerprint density at radius 1 is 0.838 bits per heavy atom. The number of aromatic hydroxyl groups is 1. The number of aliphatic hydroxyl groups excluding tert-OH is 3. The molecular weight excluding hydrogens is 1010 g/mol. The first kappa shape index (κ1) is 56.7. The van der Waals surface area contributed by atoms with E-state index in [0.717, 1.165) is 94.6 Å². The summed E-state index contributed by atoms with van der Waals surface area (Å²) in [4.78, 5) is 44.2. The summed E-state index contributed by atoms with van der Waals surface area (Å²) in [7, 11) is 1.74. The van der Waals surface area contributed by atoms with Crippen molar-refractivity contribution in [3.63, 3.8) is 0 Å². The molecule has 0 radical (unpaired) electrons. The van der Waals surface area contributed by atoms with Crippen molar-refractivity contribution < 1.29 is 59.2 Å². The molecule has 8 aliphatic rings. The van der Waals surface area contributed by atoms with Crippen LogP contribution in [0.25, 0.3) is 0 Å². The molecule has 11 rings (SSSR count). The van der Waals surface area contributed by atoms with E-state index in [4.69, 9.17) is 14.2 Å². The van der Waals surface area contributed by atoms with Crippen LogP contribution in [-0.4, -0.2) is 111 Å². The number of likely N-dealkylation sites (N-methyl/N-ethyl adjacent to an activating group) is 1. The summed E-state index contributed by atoms with van der Waals surface area (Å²) in [5.41, 5.74) is 1.94. The van der Waals surface area contributed by atoms with Gasteiger partial charge in [-0.25, -0.2) is 4.79 Å². The van der Waals surface area contributed by atoms with Gasteiger partial charge in [0.2, 0.25) is 0 Å². The van der Waals surface area contributed by atoms with Crippen LogP contribution in [0.1, 0.15) is 185 Å². The van der Waals surface area contributed by atoms with E-state index < -0.39 is 65.3 Å². The Morgan fingerprint density at radius 2 is 1.57 bits per heavy atom. The number of carbonyl (C=O) groups is 3. The number of rotatable bonds is 12. The molecule has 3 heterocycles. The standard InChI is InChI=1S/C66H84N2O12/c1-65(76,58(72)36-78-50-16-7-8-17-50)37-68-48-28-44(27-45(29-48)57(71)35-67-2)41-19-20-42-34-60(73)80-63-51(42)32-46(62(74)61(63)40-13-4-3-5-14-40)33-59-66(77)54-18-9-6-15-43(54)31-52-53(56(70)22-21-55(52)66)25-39-12-10-11-38(23-39)24-49(69)30-47(26-41)64(75)79-59/h10-12,23,27-30,32,40-43,49-50,52-55,57-59,67-69,71-72,74,76-77H,3-9,13-18,21-22,24-26,31,33-37H2,1-2H3/b47-30-/t41-,42+,43-,49+,52+,53-,54+,55+,57-,58+,59+,65+,66-/m0/s1. The van der Waals surface area contributed by atoms with E-state index in [1.165, 1.54) is 0 Å². The minimum absolute atomic E-state index is 0.0279. The highest BCUT2D eigenvalue weighted by atomic mass is 16.6. The zero-order valence-corrected chi connectivity index (χ0v) is 46.8. The summed E-state index contributed by atoms with van der Waals surface area (Å²) in [6.07, 6.45) is 10.8. The number of hydrogen-bond acceptors (Lipinski definition) is 14. The Kier molecular flexibility index (Phi) is 17.0. The topological polar surface area (TPSA) is 224 Å². The van der Waals surface area contributed by atoms with Gasteiger partial charge in [-0.05, 0) is 153 Å². The van der Waals surface area contributed by atoms with Crippen LogP contribution in [-0.2, 0) is 43.1 Å². The normalized spacial score (nSPS) is 32.3. The van der Waals surface area contributed by atoms with Gasteiger partial charge in [-0.15, -0.1) is 0 Å². The van der Waals surface area contributed by atoms with E-state index in [2.05, 4.69) is 22.5 Å². The summed E-state index contributed by atoms with van der Waals surface area (Å²) in [6, 6.07) is 15.3. The molecule has 13 atom stereocenters. The molecule has 0 spiro atoms. The van der Waals surface area contributed by atoms with E-state index in [-0.39, 0.29) is 105 Å². The number of esters is 2. The molecule has 0 aromatic heterocycles. The molecule has 3 aliphatic heterocycles. The second-order valence-corrected chi connectivity index (χ2v) is 25.5. The van der Waals surface area contributed by atoms with Crippen LogP contribution < -0.4 is 15.4 Å². The summed E-state index contributed by atoms with van der Waals surface area (Å²) < 4.78 is 19.3. The average molecular weight is 1100 g/mol. The minimum atomic E-state index is -1.63. The lowest BCUT2D eigenvalue weighted by Crippen LogP contribution is -2.65. The van der Waals surface area contributed by atoms with Crippen LogP contribution in [0.2, 0.25) is 0 Å². The van der Waals surface area contributed by atoms with Crippen molar-refractivity contribution in [2.24, 2.45) is 29.6 Å². The second kappa shape index (κ2) is 24.0. The van der Waals surface area contributed by atoms with Gasteiger partial charge in [0, 0.05) is 66.6 Å². The molecule has 80 heavy (non-hydrogen) atoms. The number of Topliss-reactive ketones (excluding diaryl/α,β-unsaturated/α-hetero) is 1. The van der Waals surface area contributed by atoms with Crippen molar-refractivity contribution >= 4 is 23.4 Å². The number of fused-ring (bicyclic) bond motifs is 9. The molecule has 5 saturated carbocycles. The smallest absolute Gasteiger partial charge is 0.334 e. The number of carbonyl (C=O) groups excluding carboxylic acids is 3. The lowest BCUT2D eigenvalue weighted by atomic mass is 9.48. The third-order valence-corrected chi connectivity index (χ3v) is 20.1. The van der Waals surface area contributed by atoms with E-state index >= 15 is 4.79 Å². The number of benzene rings is 3. The quantitative estimate of drug-likeness (QED) is 0.0484. The van der Waals surface area contributed by atoms with E-state index in [0.29, 0.717) is 58.5 Å². The second-order valence-electron chi connectivity index (χ2n) is 25.5. The molecule has 5 fully saturated rings. The maximum absolute atomic E-state index is 15.9. The number of aliphatic hydroxyl groups is 5. The first-order valence-electron chi connectivity index (χ1n) is 30.3. The van der Waals surface area contributed by atoms with Crippen molar-refractivity contribution in [1.82, 2.24) is 5.32 Å². The molecule has 0 amide bonds. The first-order chi connectivity index (χ1) is 38.6. The number of nitrogens with one attached hydrogen (secondary N) is 2.